The molecule has 0 aromatic rings. The van der Waals surface area contributed by atoms with Crippen LogP contribution in [-0.4, -0.2) is 36.1 Å². The minimum absolute atomic E-state index is 0.175. The topological polar surface area (TPSA) is 46.3 Å². The minimum atomic E-state index is -4.33. The van der Waals surface area contributed by atoms with Crippen molar-refractivity contribution in [3.63, 3.8) is 0 Å². The Morgan fingerprint density at radius 1 is 1.30 bits per heavy atom. The van der Waals surface area contributed by atoms with E-state index in [0.717, 1.165) is 24.2 Å². The van der Waals surface area contributed by atoms with E-state index in [1.807, 2.05) is 6.92 Å². The van der Waals surface area contributed by atoms with Gasteiger partial charge < -0.3 is 10.6 Å². The molecule has 1 saturated carbocycles. The SMILES string of the molecule is CC(CCN)CCC(=O)N(CC(F)(F)F)C(C)C1CC1. The van der Waals surface area contributed by atoms with Crippen molar-refractivity contribution in [2.24, 2.45) is 17.6 Å². The smallest absolute Gasteiger partial charge is 0.331 e. The first kappa shape index (κ1) is 17.3. The first-order valence-corrected chi connectivity index (χ1v) is 7.31. The van der Waals surface area contributed by atoms with Crippen LogP contribution in [0.5, 0.6) is 0 Å². The number of carbonyl (C=O) groups excluding carboxylic acids is 1. The van der Waals surface area contributed by atoms with E-state index in [9.17, 15) is 18.0 Å². The van der Waals surface area contributed by atoms with Crippen LogP contribution in [0, 0.1) is 11.8 Å². The van der Waals surface area contributed by atoms with Gasteiger partial charge in [0.05, 0.1) is 0 Å². The van der Waals surface area contributed by atoms with Gasteiger partial charge in [-0.1, -0.05) is 6.92 Å². The normalized spacial score (nSPS) is 18.7. The summed E-state index contributed by atoms with van der Waals surface area (Å²) in [6.45, 7) is 3.11. The van der Waals surface area contributed by atoms with Gasteiger partial charge in [0, 0.05) is 12.5 Å². The number of nitrogens with zero attached hydrogens (tertiary/aromatic N) is 1. The van der Waals surface area contributed by atoms with E-state index in [1.165, 1.54) is 0 Å². The number of carbonyl (C=O) groups is 1. The summed E-state index contributed by atoms with van der Waals surface area (Å²) in [7, 11) is 0. The fraction of sp³-hybridized carbons (Fsp3) is 0.929. The second kappa shape index (κ2) is 7.29. The average molecular weight is 294 g/mol. The van der Waals surface area contributed by atoms with Gasteiger partial charge in [-0.25, -0.2) is 0 Å². The van der Waals surface area contributed by atoms with Crippen molar-refractivity contribution in [1.82, 2.24) is 4.90 Å². The molecule has 3 nitrogen and oxygen atoms in total. The maximum absolute atomic E-state index is 12.6. The van der Waals surface area contributed by atoms with Gasteiger partial charge in [-0.05, 0) is 51.0 Å². The van der Waals surface area contributed by atoms with E-state index < -0.39 is 12.7 Å². The lowest BCUT2D eigenvalue weighted by molar-refractivity contribution is -0.166. The van der Waals surface area contributed by atoms with Crippen molar-refractivity contribution in [2.45, 2.75) is 58.2 Å². The Labute approximate surface area is 118 Å². The van der Waals surface area contributed by atoms with Gasteiger partial charge in [0.2, 0.25) is 5.91 Å². The summed E-state index contributed by atoms with van der Waals surface area (Å²) in [6.07, 6.45) is -0.915. The van der Waals surface area contributed by atoms with Gasteiger partial charge in [0.1, 0.15) is 6.54 Å². The summed E-state index contributed by atoms with van der Waals surface area (Å²) >= 11 is 0. The zero-order chi connectivity index (χ0) is 15.3. The molecule has 0 radical (unpaired) electrons. The molecular formula is C14H25F3N2O. The first-order valence-electron chi connectivity index (χ1n) is 7.31. The average Bonchev–Trinajstić information content (AvgIpc) is 3.15. The maximum atomic E-state index is 12.6. The lowest BCUT2D eigenvalue weighted by Gasteiger charge is -2.30. The predicted octanol–water partition coefficient (Wildman–Crippen LogP) is 2.94. The Balaban J connectivity index is 2.55. The molecule has 0 aliphatic heterocycles. The lowest BCUT2D eigenvalue weighted by Crippen LogP contribution is -2.45. The highest BCUT2D eigenvalue weighted by molar-refractivity contribution is 5.76. The minimum Gasteiger partial charge on any atom is -0.331 e. The molecule has 0 saturated heterocycles. The van der Waals surface area contributed by atoms with E-state index in [-0.39, 0.29) is 30.2 Å². The van der Waals surface area contributed by atoms with Crippen LogP contribution in [0.25, 0.3) is 0 Å². The van der Waals surface area contributed by atoms with Crippen LogP contribution in [0.4, 0.5) is 13.2 Å². The second-order valence-electron chi connectivity index (χ2n) is 5.94. The largest absolute Gasteiger partial charge is 0.406 e. The third kappa shape index (κ3) is 6.11. The van der Waals surface area contributed by atoms with Crippen molar-refractivity contribution >= 4 is 5.91 Å². The van der Waals surface area contributed by atoms with Crippen molar-refractivity contribution in [1.29, 1.82) is 0 Å². The van der Waals surface area contributed by atoms with E-state index in [4.69, 9.17) is 5.73 Å². The van der Waals surface area contributed by atoms with Crippen LogP contribution >= 0.6 is 0 Å². The Morgan fingerprint density at radius 2 is 1.90 bits per heavy atom. The summed E-state index contributed by atoms with van der Waals surface area (Å²) in [5.74, 6) is 0.126. The van der Waals surface area contributed by atoms with Crippen LogP contribution in [-0.2, 0) is 4.79 Å². The van der Waals surface area contributed by atoms with Crippen LogP contribution in [0.15, 0.2) is 0 Å². The number of alkyl halides is 3. The highest BCUT2D eigenvalue weighted by Crippen LogP contribution is 2.36. The fourth-order valence-electron chi connectivity index (χ4n) is 2.43. The molecule has 1 aliphatic rings. The fourth-order valence-corrected chi connectivity index (χ4v) is 2.43. The van der Waals surface area contributed by atoms with E-state index in [2.05, 4.69) is 0 Å². The number of amides is 1. The number of halogens is 3. The van der Waals surface area contributed by atoms with Gasteiger partial charge in [-0.15, -0.1) is 0 Å². The first-order chi connectivity index (χ1) is 9.24. The van der Waals surface area contributed by atoms with E-state index in [0.29, 0.717) is 13.0 Å². The molecule has 1 amide bonds. The number of hydrogen-bond acceptors (Lipinski definition) is 2. The molecular weight excluding hydrogens is 269 g/mol. The molecule has 0 heterocycles. The van der Waals surface area contributed by atoms with Gasteiger partial charge in [0.25, 0.3) is 0 Å². The van der Waals surface area contributed by atoms with E-state index >= 15 is 0 Å². The molecule has 1 rings (SSSR count). The maximum Gasteiger partial charge on any atom is 0.406 e. The molecule has 2 unspecified atom stereocenters. The molecule has 2 atom stereocenters. The highest BCUT2D eigenvalue weighted by Gasteiger charge is 2.40. The van der Waals surface area contributed by atoms with Crippen molar-refractivity contribution in [3.8, 4) is 0 Å². The molecule has 0 aromatic heterocycles. The molecule has 6 heteroatoms. The third-order valence-corrected chi connectivity index (χ3v) is 3.98. The number of hydrogen-bond donors (Lipinski definition) is 1. The summed E-state index contributed by atoms with van der Waals surface area (Å²) in [5, 5.41) is 0. The van der Waals surface area contributed by atoms with Crippen LogP contribution < -0.4 is 5.73 Å². The van der Waals surface area contributed by atoms with Crippen LogP contribution in [0.2, 0.25) is 0 Å². The zero-order valence-corrected chi connectivity index (χ0v) is 12.2. The monoisotopic (exact) mass is 294 g/mol. The Bertz CT molecular complexity index is 316. The summed E-state index contributed by atoms with van der Waals surface area (Å²) in [4.78, 5) is 13.1. The Kier molecular flexibility index (Phi) is 6.30. The molecule has 20 heavy (non-hydrogen) atoms. The highest BCUT2D eigenvalue weighted by atomic mass is 19.4. The van der Waals surface area contributed by atoms with Crippen molar-refractivity contribution in [3.05, 3.63) is 0 Å². The van der Waals surface area contributed by atoms with E-state index in [1.54, 1.807) is 6.92 Å². The number of nitrogens with two attached hydrogens (primary N) is 1. The molecule has 0 aromatic carbocycles. The van der Waals surface area contributed by atoms with Gasteiger partial charge in [-0.3, -0.25) is 4.79 Å². The van der Waals surface area contributed by atoms with Crippen LogP contribution in [0.3, 0.4) is 0 Å². The standard InChI is InChI=1S/C14H25F3N2O/c1-10(7-8-18)3-6-13(20)19(9-14(15,16)17)11(2)12-4-5-12/h10-12H,3-9,18H2,1-2H3. The van der Waals surface area contributed by atoms with Gasteiger partial charge in [-0.2, -0.15) is 13.2 Å². The summed E-state index contributed by atoms with van der Waals surface area (Å²) in [5.41, 5.74) is 5.43. The lowest BCUT2D eigenvalue weighted by atomic mass is 10.0. The van der Waals surface area contributed by atoms with Crippen molar-refractivity contribution < 1.29 is 18.0 Å². The molecule has 1 aliphatic carbocycles. The van der Waals surface area contributed by atoms with Crippen molar-refractivity contribution in [2.75, 3.05) is 13.1 Å². The third-order valence-electron chi connectivity index (χ3n) is 3.98. The number of rotatable bonds is 8. The summed E-state index contributed by atoms with van der Waals surface area (Å²) in [6, 6.07) is -0.311. The second-order valence-corrected chi connectivity index (χ2v) is 5.94. The molecule has 118 valence electrons. The molecule has 2 N–H and O–H groups in total. The molecule has 0 spiro atoms. The van der Waals surface area contributed by atoms with Crippen LogP contribution in [0.1, 0.15) is 46.0 Å². The van der Waals surface area contributed by atoms with Gasteiger partial charge in [0.15, 0.2) is 0 Å². The molecule has 1 fully saturated rings. The predicted molar refractivity (Wildman–Crippen MR) is 72.0 cm³/mol. The zero-order valence-electron chi connectivity index (χ0n) is 12.2. The quantitative estimate of drug-likeness (QED) is 0.748. The summed E-state index contributed by atoms with van der Waals surface area (Å²) < 4.78 is 37.9. The Hall–Kier alpha value is -0.780. The Morgan fingerprint density at radius 3 is 2.35 bits per heavy atom. The van der Waals surface area contributed by atoms with Gasteiger partial charge >= 0.3 is 6.18 Å². The molecule has 0 bridgehead atoms.